The third kappa shape index (κ3) is 3.39. The molecule has 0 radical (unpaired) electrons. The second kappa shape index (κ2) is 6.56. The average molecular weight is 279 g/mol. The Hall–Kier alpha value is -1.82. The van der Waals surface area contributed by atoms with Crippen LogP contribution >= 0.6 is 0 Å². The van der Waals surface area contributed by atoms with Crippen LogP contribution in [-0.2, 0) is 4.74 Å². The van der Waals surface area contributed by atoms with Gasteiger partial charge >= 0.3 is 6.09 Å². The molecule has 1 aromatic rings. The molecule has 110 valence electrons. The SMILES string of the molecule is CCOC(=O)N1CCN(c2ccc(C(C)O)nc2)CC1. The fraction of sp³-hybridized carbons (Fsp3) is 0.571. The minimum atomic E-state index is -0.551. The first-order chi connectivity index (χ1) is 9.61. The predicted octanol–water partition coefficient (Wildman–Crippen LogP) is 1.41. The maximum absolute atomic E-state index is 11.6. The Bertz CT molecular complexity index is 439. The minimum Gasteiger partial charge on any atom is -0.450 e. The summed E-state index contributed by atoms with van der Waals surface area (Å²) in [5.74, 6) is 0. The van der Waals surface area contributed by atoms with E-state index in [9.17, 15) is 9.90 Å². The van der Waals surface area contributed by atoms with Crippen LogP contribution in [0.4, 0.5) is 10.5 Å². The van der Waals surface area contributed by atoms with Gasteiger partial charge in [0.05, 0.1) is 30.3 Å². The molecule has 1 N–H and O–H groups in total. The molecular weight excluding hydrogens is 258 g/mol. The summed E-state index contributed by atoms with van der Waals surface area (Å²) >= 11 is 0. The molecule has 1 atom stereocenters. The second-order valence-electron chi connectivity index (χ2n) is 4.79. The largest absolute Gasteiger partial charge is 0.450 e. The van der Waals surface area contributed by atoms with E-state index in [1.165, 1.54) is 0 Å². The van der Waals surface area contributed by atoms with Crippen molar-refractivity contribution >= 4 is 11.8 Å². The van der Waals surface area contributed by atoms with Crippen molar-refractivity contribution in [2.24, 2.45) is 0 Å². The lowest BCUT2D eigenvalue weighted by atomic mass is 10.2. The molecule has 0 aliphatic carbocycles. The summed E-state index contributed by atoms with van der Waals surface area (Å²) in [5, 5.41) is 9.44. The number of nitrogens with zero attached hydrogens (tertiary/aromatic N) is 3. The molecule has 0 saturated carbocycles. The highest BCUT2D eigenvalue weighted by Gasteiger charge is 2.22. The number of anilines is 1. The van der Waals surface area contributed by atoms with Crippen molar-refractivity contribution < 1.29 is 14.6 Å². The van der Waals surface area contributed by atoms with Crippen LogP contribution in [0.1, 0.15) is 25.6 Å². The van der Waals surface area contributed by atoms with Crippen molar-refractivity contribution in [3.05, 3.63) is 24.0 Å². The molecule has 6 heteroatoms. The topological polar surface area (TPSA) is 65.9 Å². The summed E-state index contributed by atoms with van der Waals surface area (Å²) in [4.78, 5) is 19.7. The maximum atomic E-state index is 11.6. The number of piperazine rings is 1. The fourth-order valence-electron chi connectivity index (χ4n) is 2.19. The Morgan fingerprint density at radius 3 is 2.60 bits per heavy atom. The average Bonchev–Trinajstić information content (AvgIpc) is 2.48. The Morgan fingerprint density at radius 2 is 2.10 bits per heavy atom. The number of pyridine rings is 1. The number of amides is 1. The number of aliphatic hydroxyl groups is 1. The van der Waals surface area contributed by atoms with Crippen molar-refractivity contribution in [1.82, 2.24) is 9.88 Å². The zero-order valence-corrected chi connectivity index (χ0v) is 12.0. The van der Waals surface area contributed by atoms with Crippen LogP contribution in [0.3, 0.4) is 0 Å². The molecule has 0 aromatic carbocycles. The van der Waals surface area contributed by atoms with E-state index in [0.29, 0.717) is 25.4 Å². The molecule has 1 aliphatic rings. The third-order valence-electron chi connectivity index (χ3n) is 3.37. The highest BCUT2D eigenvalue weighted by Crippen LogP contribution is 2.18. The van der Waals surface area contributed by atoms with Crippen LogP contribution < -0.4 is 4.90 Å². The summed E-state index contributed by atoms with van der Waals surface area (Å²) < 4.78 is 4.99. The van der Waals surface area contributed by atoms with Crippen LogP contribution in [0.5, 0.6) is 0 Å². The first-order valence-corrected chi connectivity index (χ1v) is 6.92. The molecule has 20 heavy (non-hydrogen) atoms. The number of rotatable bonds is 3. The lowest BCUT2D eigenvalue weighted by Crippen LogP contribution is -2.49. The van der Waals surface area contributed by atoms with Gasteiger partial charge in [0, 0.05) is 26.2 Å². The quantitative estimate of drug-likeness (QED) is 0.906. The number of aromatic nitrogens is 1. The van der Waals surface area contributed by atoms with E-state index < -0.39 is 6.10 Å². The normalized spacial score (nSPS) is 16.9. The van der Waals surface area contributed by atoms with Gasteiger partial charge in [-0.1, -0.05) is 0 Å². The predicted molar refractivity (Wildman–Crippen MR) is 75.7 cm³/mol. The van der Waals surface area contributed by atoms with Crippen LogP contribution in [0.15, 0.2) is 18.3 Å². The summed E-state index contributed by atoms with van der Waals surface area (Å²) in [6, 6.07) is 3.78. The van der Waals surface area contributed by atoms with E-state index in [2.05, 4.69) is 9.88 Å². The Kier molecular flexibility index (Phi) is 4.79. The number of hydrogen-bond donors (Lipinski definition) is 1. The molecule has 1 unspecified atom stereocenters. The third-order valence-corrected chi connectivity index (χ3v) is 3.37. The van der Waals surface area contributed by atoms with Gasteiger partial charge in [-0.3, -0.25) is 4.98 Å². The van der Waals surface area contributed by atoms with Crippen molar-refractivity contribution in [1.29, 1.82) is 0 Å². The van der Waals surface area contributed by atoms with E-state index in [1.54, 1.807) is 18.0 Å². The molecule has 1 saturated heterocycles. The molecule has 1 amide bonds. The molecule has 0 spiro atoms. The van der Waals surface area contributed by atoms with E-state index >= 15 is 0 Å². The van der Waals surface area contributed by atoms with Gasteiger partial charge in [-0.2, -0.15) is 0 Å². The van der Waals surface area contributed by atoms with Gasteiger partial charge in [-0.25, -0.2) is 4.79 Å². The summed E-state index contributed by atoms with van der Waals surface area (Å²) in [5.41, 5.74) is 1.68. The van der Waals surface area contributed by atoms with Gasteiger partial charge in [0.25, 0.3) is 0 Å². The van der Waals surface area contributed by atoms with Crippen LogP contribution in [-0.4, -0.2) is 53.9 Å². The second-order valence-corrected chi connectivity index (χ2v) is 4.79. The minimum absolute atomic E-state index is 0.241. The van der Waals surface area contributed by atoms with Crippen LogP contribution in [0.25, 0.3) is 0 Å². The number of carbonyl (C=O) groups is 1. The Morgan fingerprint density at radius 1 is 1.40 bits per heavy atom. The smallest absolute Gasteiger partial charge is 0.409 e. The molecule has 1 aromatic heterocycles. The molecular formula is C14H21N3O3. The van der Waals surface area contributed by atoms with E-state index in [-0.39, 0.29) is 6.09 Å². The number of carbonyl (C=O) groups excluding carboxylic acids is 1. The summed E-state index contributed by atoms with van der Waals surface area (Å²) in [7, 11) is 0. The van der Waals surface area contributed by atoms with Crippen LogP contribution in [0.2, 0.25) is 0 Å². The highest BCUT2D eigenvalue weighted by atomic mass is 16.6. The van der Waals surface area contributed by atoms with Gasteiger partial charge < -0.3 is 19.6 Å². The molecule has 0 bridgehead atoms. The van der Waals surface area contributed by atoms with Crippen molar-refractivity contribution in [2.45, 2.75) is 20.0 Å². The zero-order valence-electron chi connectivity index (χ0n) is 12.0. The van der Waals surface area contributed by atoms with E-state index in [4.69, 9.17) is 4.74 Å². The summed E-state index contributed by atoms with van der Waals surface area (Å²) in [6.45, 7) is 6.73. The van der Waals surface area contributed by atoms with Gasteiger partial charge in [0.1, 0.15) is 0 Å². The molecule has 2 heterocycles. The monoisotopic (exact) mass is 279 g/mol. The molecule has 1 aliphatic heterocycles. The summed E-state index contributed by atoms with van der Waals surface area (Å²) in [6.07, 6.45) is 0.974. The van der Waals surface area contributed by atoms with Crippen molar-refractivity contribution in [3.8, 4) is 0 Å². The maximum Gasteiger partial charge on any atom is 0.409 e. The first kappa shape index (κ1) is 14.6. The molecule has 1 fully saturated rings. The van der Waals surface area contributed by atoms with Gasteiger partial charge in [-0.05, 0) is 26.0 Å². The number of ether oxygens (including phenoxy) is 1. The lowest BCUT2D eigenvalue weighted by Gasteiger charge is -2.35. The first-order valence-electron chi connectivity index (χ1n) is 6.92. The Balaban J connectivity index is 1.91. The van der Waals surface area contributed by atoms with Gasteiger partial charge in [0.15, 0.2) is 0 Å². The number of aliphatic hydroxyl groups excluding tert-OH is 1. The van der Waals surface area contributed by atoms with Gasteiger partial charge in [-0.15, -0.1) is 0 Å². The fourth-order valence-corrected chi connectivity index (χ4v) is 2.19. The number of hydrogen-bond acceptors (Lipinski definition) is 5. The van der Waals surface area contributed by atoms with E-state index in [0.717, 1.165) is 18.8 Å². The van der Waals surface area contributed by atoms with Crippen LogP contribution in [0, 0.1) is 0 Å². The zero-order chi connectivity index (χ0) is 14.5. The standard InChI is InChI=1S/C14H21N3O3/c1-3-20-14(19)17-8-6-16(7-9-17)12-4-5-13(11(2)18)15-10-12/h4-5,10-11,18H,3,6-9H2,1-2H3. The lowest BCUT2D eigenvalue weighted by molar-refractivity contribution is 0.105. The molecule has 6 nitrogen and oxygen atoms in total. The van der Waals surface area contributed by atoms with Gasteiger partial charge in [0.2, 0.25) is 0 Å². The van der Waals surface area contributed by atoms with Crippen molar-refractivity contribution in [3.63, 3.8) is 0 Å². The highest BCUT2D eigenvalue weighted by molar-refractivity contribution is 5.68. The molecule has 2 rings (SSSR count). The Labute approximate surface area is 119 Å². The van der Waals surface area contributed by atoms with Crippen molar-refractivity contribution in [2.75, 3.05) is 37.7 Å². The van der Waals surface area contributed by atoms with E-state index in [1.807, 2.05) is 19.1 Å².